The fraction of sp³-hybridized carbons (Fsp3) is 0.476. The van der Waals surface area contributed by atoms with E-state index in [-0.39, 0.29) is 24.6 Å². The van der Waals surface area contributed by atoms with E-state index < -0.39 is 36.0 Å². The second-order valence-corrected chi connectivity index (χ2v) is 9.99. The van der Waals surface area contributed by atoms with Crippen molar-refractivity contribution in [1.82, 2.24) is 48.3 Å². The smallest absolute Gasteiger partial charge is 0.257 e. The molecule has 0 aliphatic heterocycles. The van der Waals surface area contributed by atoms with Gasteiger partial charge >= 0.3 is 0 Å². The zero-order valence-corrected chi connectivity index (χ0v) is 22.8. The maximum absolute atomic E-state index is 11.8. The molecule has 0 saturated heterocycles. The molecule has 0 bridgehead atoms. The fourth-order valence-electron chi connectivity index (χ4n) is 2.53. The number of pyridine rings is 1. The highest BCUT2D eigenvalue weighted by atomic mass is 33.1. The Hall–Kier alpha value is -3.45. The molecule has 0 fully saturated rings. The summed E-state index contributed by atoms with van der Waals surface area (Å²) in [6.45, 7) is 0.684. The molecule has 1 aromatic rings. The van der Waals surface area contributed by atoms with Crippen LogP contribution in [-0.4, -0.2) is 65.8 Å². The van der Waals surface area contributed by atoms with Gasteiger partial charge in [-0.2, -0.15) is 0 Å². The molecule has 1 heterocycles. The van der Waals surface area contributed by atoms with E-state index in [1.807, 2.05) is 17.6 Å². The molecule has 0 aliphatic rings. The van der Waals surface area contributed by atoms with Gasteiger partial charge in [-0.05, 0) is 35.8 Å². The molecule has 39 heavy (non-hydrogen) atoms. The third kappa shape index (κ3) is 19.3. The van der Waals surface area contributed by atoms with Gasteiger partial charge < -0.3 is 5.32 Å². The Labute approximate surface area is 233 Å². The molecule has 18 heteroatoms. The van der Waals surface area contributed by atoms with E-state index in [1.54, 1.807) is 12.3 Å². The summed E-state index contributed by atoms with van der Waals surface area (Å²) in [5, 5.41) is 3.18. The summed E-state index contributed by atoms with van der Waals surface area (Å²) < 4.78 is 0. The number of nitrogens with one attached hydrogen (secondary N) is 8. The maximum Gasteiger partial charge on any atom is 0.257 e. The molecule has 0 spiro atoms. The van der Waals surface area contributed by atoms with Crippen molar-refractivity contribution < 1.29 is 28.8 Å². The summed E-state index contributed by atoms with van der Waals surface area (Å²) in [6, 6.07) is 5.44. The van der Waals surface area contributed by atoms with Crippen molar-refractivity contribution in [2.24, 2.45) is 5.84 Å². The van der Waals surface area contributed by atoms with E-state index in [0.717, 1.165) is 30.7 Å². The first-order valence-corrected chi connectivity index (χ1v) is 14.2. The van der Waals surface area contributed by atoms with Crippen LogP contribution in [0.5, 0.6) is 0 Å². The Balaban J connectivity index is 1.95. The van der Waals surface area contributed by atoms with Crippen molar-refractivity contribution >= 4 is 57.0 Å². The lowest BCUT2D eigenvalue weighted by Gasteiger charge is -2.09. The van der Waals surface area contributed by atoms with E-state index in [4.69, 9.17) is 5.84 Å². The van der Waals surface area contributed by atoms with Gasteiger partial charge in [-0.1, -0.05) is 29.7 Å². The molecule has 216 valence electrons. The predicted molar refractivity (Wildman–Crippen MR) is 144 cm³/mol. The number of hydrogen-bond donors (Lipinski definition) is 9. The van der Waals surface area contributed by atoms with Gasteiger partial charge in [0.05, 0.1) is 12.3 Å². The summed E-state index contributed by atoms with van der Waals surface area (Å²) in [5.41, 5.74) is 16.3. The lowest BCUT2D eigenvalue weighted by atomic mass is 10.2. The summed E-state index contributed by atoms with van der Waals surface area (Å²) in [5.74, 6) is 1.63. The summed E-state index contributed by atoms with van der Waals surface area (Å²) in [6.07, 6.45) is 4.06. The molecule has 0 aromatic carbocycles. The summed E-state index contributed by atoms with van der Waals surface area (Å²) in [7, 11) is 2.61. The zero-order valence-electron chi connectivity index (χ0n) is 21.2. The highest BCUT2D eigenvalue weighted by Crippen LogP contribution is 2.28. The van der Waals surface area contributed by atoms with Crippen LogP contribution in [0.4, 0.5) is 0 Å². The lowest BCUT2D eigenvalue weighted by Crippen LogP contribution is -2.48. The van der Waals surface area contributed by atoms with Crippen molar-refractivity contribution in [3.05, 3.63) is 24.4 Å². The van der Waals surface area contributed by atoms with Crippen LogP contribution in [0.1, 0.15) is 38.5 Å². The van der Waals surface area contributed by atoms with Crippen LogP contribution >= 0.6 is 21.6 Å². The Morgan fingerprint density at radius 1 is 0.718 bits per heavy atom. The zero-order chi connectivity index (χ0) is 28.7. The average Bonchev–Trinajstić information content (AvgIpc) is 2.92. The molecule has 0 atom stereocenters. The molecule has 1 aromatic heterocycles. The van der Waals surface area contributed by atoms with Crippen LogP contribution < -0.4 is 49.1 Å². The second-order valence-electron chi connectivity index (χ2n) is 7.67. The van der Waals surface area contributed by atoms with Crippen LogP contribution in [0.25, 0.3) is 0 Å². The number of aromatic nitrogens is 1. The Kier molecular flexibility index (Phi) is 18.5. The van der Waals surface area contributed by atoms with Crippen LogP contribution in [0.15, 0.2) is 29.4 Å². The molecule has 0 unspecified atom stereocenters. The van der Waals surface area contributed by atoms with Gasteiger partial charge in [-0.3, -0.25) is 55.9 Å². The van der Waals surface area contributed by atoms with Gasteiger partial charge in [0.15, 0.2) is 0 Å². The number of amides is 6. The van der Waals surface area contributed by atoms with E-state index in [2.05, 4.69) is 42.9 Å². The van der Waals surface area contributed by atoms with Crippen molar-refractivity contribution in [3.63, 3.8) is 0 Å². The van der Waals surface area contributed by atoms with Gasteiger partial charge in [-0.15, -0.1) is 0 Å². The highest BCUT2D eigenvalue weighted by molar-refractivity contribution is 8.76. The molecule has 10 N–H and O–H groups in total. The lowest BCUT2D eigenvalue weighted by molar-refractivity contribution is -0.133. The number of nitrogens with zero attached hydrogens (tertiary/aromatic N) is 1. The quantitative estimate of drug-likeness (QED) is 0.0207. The monoisotopic (exact) mass is 586 g/mol. The third-order valence-corrected chi connectivity index (χ3v) is 6.50. The van der Waals surface area contributed by atoms with E-state index in [0.29, 0.717) is 13.1 Å². The van der Waals surface area contributed by atoms with Crippen molar-refractivity contribution in [2.75, 3.05) is 25.4 Å². The number of carbonyl (C=O) groups excluding carboxylic acids is 6. The molecule has 0 radical (unpaired) electrons. The first-order valence-electron chi connectivity index (χ1n) is 11.9. The number of hydrazine groups is 4. The Morgan fingerprint density at radius 2 is 1.31 bits per heavy atom. The molecule has 0 aliphatic carbocycles. The normalized spacial score (nSPS) is 10.2. The van der Waals surface area contributed by atoms with Crippen LogP contribution in [0.2, 0.25) is 0 Å². The van der Waals surface area contributed by atoms with E-state index >= 15 is 0 Å². The minimum atomic E-state index is -0.723. The molecule has 16 nitrogen and oxygen atoms in total. The van der Waals surface area contributed by atoms with Crippen molar-refractivity contribution in [3.8, 4) is 0 Å². The first-order chi connectivity index (χ1) is 18.8. The first kappa shape index (κ1) is 33.6. The average molecular weight is 587 g/mol. The molecular formula is C21H34N10O6S2. The van der Waals surface area contributed by atoms with E-state index in [9.17, 15) is 28.8 Å². The van der Waals surface area contributed by atoms with Gasteiger partial charge in [0.25, 0.3) is 5.91 Å². The third-order valence-electron chi connectivity index (χ3n) is 4.37. The van der Waals surface area contributed by atoms with Gasteiger partial charge in [-0.25, -0.2) is 21.7 Å². The standard InChI is InChI=1S/C21H34N10O6S2/c22-27-15(32)11-16(33)28-25-9-4-1-2-5-10-26-29-17(34)12-18(35)30-31-19(36)13-24-20(37)14-38-39-21-7-3-6-8-23-21/h3,6-8,25-26H,1-2,4-5,9-14,22H2,(H,24,37)(H,27,32)(H,28,33)(H,29,34)(H,30,35)(H,31,36). The van der Waals surface area contributed by atoms with Crippen molar-refractivity contribution in [2.45, 2.75) is 43.6 Å². The Bertz CT molecular complexity index is 941. The van der Waals surface area contributed by atoms with Crippen molar-refractivity contribution in [1.29, 1.82) is 0 Å². The summed E-state index contributed by atoms with van der Waals surface area (Å²) in [4.78, 5) is 73.4. The SMILES string of the molecule is NNC(=O)CC(=O)NNCCCCCCNNC(=O)CC(=O)NNC(=O)CNC(=O)CSSc1ccccn1. The van der Waals surface area contributed by atoms with Gasteiger partial charge in [0, 0.05) is 19.3 Å². The molecular weight excluding hydrogens is 552 g/mol. The number of unbranched alkanes of at least 4 members (excludes halogenated alkanes) is 3. The highest BCUT2D eigenvalue weighted by Gasteiger charge is 2.11. The number of carbonyl (C=O) groups is 6. The van der Waals surface area contributed by atoms with Crippen LogP contribution in [-0.2, 0) is 28.8 Å². The number of rotatable bonds is 19. The minimum Gasteiger partial charge on any atom is -0.346 e. The predicted octanol–water partition coefficient (Wildman–Crippen LogP) is -2.34. The largest absolute Gasteiger partial charge is 0.346 e. The second kappa shape index (κ2) is 21.5. The molecule has 1 rings (SSSR count). The maximum atomic E-state index is 11.8. The fourth-order valence-corrected chi connectivity index (χ4v) is 4.31. The molecule has 0 saturated carbocycles. The number of nitrogens with two attached hydrogens (primary N) is 1. The summed E-state index contributed by atoms with van der Waals surface area (Å²) >= 11 is 0. The number of hydrogen-bond acceptors (Lipinski definition) is 12. The van der Waals surface area contributed by atoms with Crippen LogP contribution in [0, 0.1) is 0 Å². The van der Waals surface area contributed by atoms with Gasteiger partial charge in [0.1, 0.15) is 17.9 Å². The van der Waals surface area contributed by atoms with Crippen LogP contribution in [0.3, 0.4) is 0 Å². The minimum absolute atomic E-state index is 0.114. The van der Waals surface area contributed by atoms with Gasteiger partial charge in [0.2, 0.25) is 29.5 Å². The topological polar surface area (TPSA) is 238 Å². The molecule has 6 amide bonds. The van der Waals surface area contributed by atoms with E-state index in [1.165, 1.54) is 21.6 Å². The Morgan fingerprint density at radius 3 is 1.90 bits per heavy atom.